The predicted molar refractivity (Wildman–Crippen MR) is 128 cm³/mol. The van der Waals surface area contributed by atoms with Crippen LogP contribution in [0.4, 0.5) is 5.69 Å². The molecule has 0 aromatic heterocycles. The number of piperidine rings is 1. The number of hydrogen-bond acceptors (Lipinski definition) is 4. The van der Waals surface area contributed by atoms with Crippen LogP contribution in [0.2, 0.25) is 5.02 Å². The van der Waals surface area contributed by atoms with Gasteiger partial charge in [-0.2, -0.15) is 0 Å². The molecule has 2 aliphatic rings. The fourth-order valence-corrected chi connectivity index (χ4v) is 5.61. The highest BCUT2D eigenvalue weighted by molar-refractivity contribution is 7.89. The van der Waals surface area contributed by atoms with Gasteiger partial charge in [0, 0.05) is 49.7 Å². The van der Waals surface area contributed by atoms with E-state index >= 15 is 0 Å². The molecule has 2 aromatic carbocycles. The number of anilines is 1. The molecule has 33 heavy (non-hydrogen) atoms. The van der Waals surface area contributed by atoms with Crippen LogP contribution in [0, 0.1) is 0 Å². The maximum absolute atomic E-state index is 12.8. The number of amides is 2. The summed E-state index contributed by atoms with van der Waals surface area (Å²) in [6.07, 6.45) is 4.15. The summed E-state index contributed by atoms with van der Waals surface area (Å²) in [7, 11) is -3.73. The van der Waals surface area contributed by atoms with Crippen molar-refractivity contribution in [1.29, 1.82) is 0 Å². The maximum atomic E-state index is 12.8. The average molecular weight is 490 g/mol. The summed E-state index contributed by atoms with van der Waals surface area (Å²) >= 11 is 6.11. The Bertz CT molecular complexity index is 1150. The van der Waals surface area contributed by atoms with Crippen molar-refractivity contribution in [1.82, 2.24) is 9.62 Å². The molecule has 0 atom stereocenters. The number of likely N-dealkylation sites (tertiary alicyclic amines) is 1. The average Bonchev–Trinajstić information content (AvgIpc) is 3.26. The fraction of sp³-hybridized carbons (Fsp3) is 0.417. The van der Waals surface area contributed by atoms with Crippen molar-refractivity contribution in [2.45, 2.75) is 50.0 Å². The third kappa shape index (κ3) is 5.57. The third-order valence-electron chi connectivity index (χ3n) is 6.23. The van der Waals surface area contributed by atoms with Crippen LogP contribution in [0.25, 0.3) is 0 Å². The molecule has 0 radical (unpaired) electrons. The summed E-state index contributed by atoms with van der Waals surface area (Å²) in [5.41, 5.74) is 2.22. The van der Waals surface area contributed by atoms with Gasteiger partial charge in [0.2, 0.25) is 21.8 Å². The number of sulfonamides is 1. The van der Waals surface area contributed by atoms with Gasteiger partial charge in [0.1, 0.15) is 0 Å². The Kier molecular flexibility index (Phi) is 7.36. The van der Waals surface area contributed by atoms with Crippen molar-refractivity contribution in [3.05, 3.63) is 58.6 Å². The smallest absolute Gasteiger partial charge is 0.240 e. The second kappa shape index (κ2) is 10.2. The lowest BCUT2D eigenvalue weighted by Crippen LogP contribution is -2.37. The quantitative estimate of drug-likeness (QED) is 0.644. The molecular weight excluding hydrogens is 462 g/mol. The minimum atomic E-state index is -3.73. The molecule has 1 N–H and O–H groups in total. The van der Waals surface area contributed by atoms with E-state index in [1.165, 1.54) is 6.07 Å². The summed E-state index contributed by atoms with van der Waals surface area (Å²) in [5, 5.41) is 0.502. The van der Waals surface area contributed by atoms with Crippen LogP contribution in [0.15, 0.2) is 47.4 Å². The summed E-state index contributed by atoms with van der Waals surface area (Å²) in [4.78, 5) is 28.8. The van der Waals surface area contributed by atoms with Crippen molar-refractivity contribution in [3.8, 4) is 0 Å². The van der Waals surface area contributed by atoms with E-state index in [0.29, 0.717) is 23.6 Å². The number of rotatable bonds is 7. The van der Waals surface area contributed by atoms with Crippen molar-refractivity contribution in [3.63, 3.8) is 0 Å². The molecule has 7 nitrogen and oxygen atoms in total. The van der Waals surface area contributed by atoms with Crippen LogP contribution >= 0.6 is 11.6 Å². The lowest BCUT2D eigenvalue weighted by atomic mass is 10.1. The summed E-state index contributed by atoms with van der Waals surface area (Å²) in [6, 6.07) is 11.9. The number of halogens is 1. The van der Waals surface area contributed by atoms with Crippen LogP contribution in [0.5, 0.6) is 0 Å². The van der Waals surface area contributed by atoms with E-state index < -0.39 is 10.0 Å². The lowest BCUT2D eigenvalue weighted by Gasteiger charge is -2.27. The van der Waals surface area contributed by atoms with Crippen LogP contribution in [-0.2, 0) is 32.6 Å². The number of carbonyl (C=O) groups is 2. The molecule has 4 rings (SSSR count). The van der Waals surface area contributed by atoms with Crippen LogP contribution in [0.1, 0.15) is 43.2 Å². The van der Waals surface area contributed by atoms with E-state index in [2.05, 4.69) is 4.72 Å². The zero-order valence-electron chi connectivity index (χ0n) is 18.4. The van der Waals surface area contributed by atoms with Crippen molar-refractivity contribution < 1.29 is 18.0 Å². The Hall–Kier alpha value is -2.42. The minimum Gasteiger partial charge on any atom is -0.343 e. The number of carbonyl (C=O) groups excluding carboxylic acids is 2. The molecule has 1 fully saturated rings. The normalized spacial score (nSPS) is 16.0. The Morgan fingerprint density at radius 2 is 1.67 bits per heavy atom. The van der Waals surface area contributed by atoms with Crippen LogP contribution in [0.3, 0.4) is 0 Å². The second-order valence-electron chi connectivity index (χ2n) is 8.44. The molecule has 2 heterocycles. The molecule has 1 saturated heterocycles. The Morgan fingerprint density at radius 3 is 2.42 bits per heavy atom. The van der Waals surface area contributed by atoms with Gasteiger partial charge in [0.05, 0.1) is 4.90 Å². The van der Waals surface area contributed by atoms with Gasteiger partial charge in [-0.15, -0.1) is 0 Å². The molecule has 0 spiro atoms. The van der Waals surface area contributed by atoms with Gasteiger partial charge in [-0.3, -0.25) is 9.59 Å². The number of fused-ring (bicyclic) bond motifs is 1. The SMILES string of the molecule is O=C(CCC(=O)N1CCc2cc(S(=O)(=O)NCc3ccccc3Cl)ccc21)N1CCCCC1. The number of nitrogens with zero attached hydrogens (tertiary/aromatic N) is 2. The predicted octanol–water partition coefficient (Wildman–Crippen LogP) is 3.50. The topological polar surface area (TPSA) is 86.8 Å². The van der Waals surface area contributed by atoms with Crippen molar-refractivity contribution >= 4 is 39.1 Å². The highest BCUT2D eigenvalue weighted by Gasteiger charge is 2.27. The first-order valence-electron chi connectivity index (χ1n) is 11.3. The van der Waals surface area contributed by atoms with Crippen LogP contribution < -0.4 is 9.62 Å². The molecule has 2 amide bonds. The first-order valence-corrected chi connectivity index (χ1v) is 13.2. The molecule has 176 valence electrons. The standard InChI is InChI=1S/C24H28ClN3O4S/c25-21-7-3-2-6-19(21)17-26-33(31,32)20-8-9-22-18(16-20)12-15-28(22)24(30)11-10-23(29)27-13-4-1-5-14-27/h2-3,6-9,16,26H,1,4-5,10-15,17H2. The van der Waals surface area contributed by atoms with Gasteiger partial charge >= 0.3 is 0 Å². The van der Waals surface area contributed by atoms with Crippen LogP contribution in [-0.4, -0.2) is 44.8 Å². The van der Waals surface area contributed by atoms with E-state index in [-0.39, 0.29) is 36.1 Å². The van der Waals surface area contributed by atoms with E-state index in [1.807, 2.05) is 4.90 Å². The molecule has 2 aromatic rings. The van der Waals surface area contributed by atoms with Crippen molar-refractivity contribution in [2.24, 2.45) is 0 Å². The van der Waals surface area contributed by atoms with E-state index in [1.54, 1.807) is 41.3 Å². The number of nitrogens with one attached hydrogen (secondary N) is 1. The zero-order chi connectivity index (χ0) is 23.4. The monoisotopic (exact) mass is 489 g/mol. The maximum Gasteiger partial charge on any atom is 0.240 e. The first-order chi connectivity index (χ1) is 15.8. The van der Waals surface area contributed by atoms with Crippen molar-refractivity contribution in [2.75, 3.05) is 24.5 Å². The Morgan fingerprint density at radius 1 is 0.939 bits per heavy atom. The summed E-state index contributed by atoms with van der Waals surface area (Å²) in [6.45, 7) is 2.14. The second-order valence-corrected chi connectivity index (χ2v) is 10.6. The van der Waals surface area contributed by atoms with Gasteiger partial charge in [-0.05, 0) is 61.1 Å². The zero-order valence-corrected chi connectivity index (χ0v) is 20.0. The number of benzene rings is 2. The molecule has 2 aliphatic heterocycles. The third-order valence-corrected chi connectivity index (χ3v) is 8.00. The molecule has 0 bridgehead atoms. The van der Waals surface area contributed by atoms with Gasteiger partial charge < -0.3 is 9.80 Å². The number of hydrogen-bond donors (Lipinski definition) is 1. The fourth-order valence-electron chi connectivity index (χ4n) is 4.35. The van der Waals surface area contributed by atoms with Gasteiger partial charge in [0.15, 0.2) is 0 Å². The first kappa shape index (κ1) is 23.7. The summed E-state index contributed by atoms with van der Waals surface area (Å²) in [5.74, 6) is -0.0694. The minimum absolute atomic E-state index is 0.0357. The lowest BCUT2D eigenvalue weighted by molar-refractivity contribution is -0.133. The Balaban J connectivity index is 1.38. The molecular formula is C24H28ClN3O4S. The molecule has 9 heteroatoms. The summed E-state index contributed by atoms with van der Waals surface area (Å²) < 4.78 is 28.2. The van der Waals surface area contributed by atoms with E-state index in [9.17, 15) is 18.0 Å². The highest BCUT2D eigenvalue weighted by atomic mass is 35.5. The van der Waals surface area contributed by atoms with Gasteiger partial charge in [-0.25, -0.2) is 13.1 Å². The van der Waals surface area contributed by atoms with Gasteiger partial charge in [0.25, 0.3) is 0 Å². The largest absolute Gasteiger partial charge is 0.343 e. The highest BCUT2D eigenvalue weighted by Crippen LogP contribution is 2.31. The van der Waals surface area contributed by atoms with E-state index in [4.69, 9.17) is 11.6 Å². The Labute approximate surface area is 199 Å². The molecule has 0 saturated carbocycles. The van der Waals surface area contributed by atoms with Gasteiger partial charge in [-0.1, -0.05) is 29.8 Å². The molecule has 0 unspecified atom stereocenters. The molecule has 0 aliphatic carbocycles. The van der Waals surface area contributed by atoms with E-state index in [0.717, 1.165) is 43.6 Å².